The summed E-state index contributed by atoms with van der Waals surface area (Å²) in [6.07, 6.45) is 1.95. The Bertz CT molecular complexity index is 4480. The molecule has 422 valence electrons. The van der Waals surface area contributed by atoms with E-state index in [1.807, 2.05) is 6.20 Å². The van der Waals surface area contributed by atoms with E-state index in [1.54, 1.807) is 0 Å². The molecule has 0 radical (unpaired) electrons. The fourth-order valence-corrected chi connectivity index (χ4v) is 13.0. The fourth-order valence-electron chi connectivity index (χ4n) is 12.0. The Morgan fingerprint density at radius 3 is 1.38 bits per heavy atom. The second-order valence-corrected chi connectivity index (χ2v) is 26.3. The zero-order valence-corrected chi connectivity index (χ0v) is 52.0. The molecule has 2 aromatic heterocycles. The first-order chi connectivity index (χ1) is 41.0. The number of pyridine rings is 1. The minimum atomic E-state index is -0.136. The van der Waals surface area contributed by atoms with Gasteiger partial charge in [0.25, 0.3) is 0 Å². The van der Waals surface area contributed by atoms with Crippen molar-refractivity contribution in [2.45, 2.75) is 78.6 Å². The average molecular weight is 1290 g/mol. The van der Waals surface area contributed by atoms with E-state index < -0.39 is 0 Å². The van der Waals surface area contributed by atoms with Crippen molar-refractivity contribution in [2.75, 3.05) is 9.80 Å². The van der Waals surface area contributed by atoms with Gasteiger partial charge in [-0.2, -0.15) is 0 Å². The SMILES string of the molecule is CC(C)(C)c1ccc(N2c3ccccc3-c3ccccc3N(c3cc(C(C)(C)C)ccn3)c3cc(Oc4cccc(-n5[c](=[Pt])n(-c6c(-c7ccccc7)cc(C(C)(C)C)cc6-c6ccccc6)c6ccccc65)c4)ccc3-c3ccccc32)cc1. The molecule has 7 heteroatoms. The number of para-hydroxylation sites is 5. The van der Waals surface area contributed by atoms with Gasteiger partial charge in [-0.3, -0.25) is 0 Å². The number of fused-ring (bicyclic) bond motifs is 7. The summed E-state index contributed by atoms with van der Waals surface area (Å²) in [6, 6.07) is 90.2. The number of anilines is 6. The third-order valence-corrected chi connectivity index (χ3v) is 17.5. The van der Waals surface area contributed by atoms with Crippen LogP contribution in [0.2, 0.25) is 0 Å². The molecule has 0 atom stereocenters. The molecule has 0 unspecified atom stereocenters. The number of imidazole rings is 1. The van der Waals surface area contributed by atoms with Crippen LogP contribution in [0.25, 0.3) is 66.9 Å². The van der Waals surface area contributed by atoms with Crippen LogP contribution in [0.3, 0.4) is 0 Å². The van der Waals surface area contributed by atoms with Crippen molar-refractivity contribution in [1.82, 2.24) is 14.1 Å². The Labute approximate surface area is 511 Å². The third-order valence-electron chi connectivity index (χ3n) is 16.4. The molecule has 0 spiro atoms. The van der Waals surface area contributed by atoms with Crippen molar-refractivity contribution in [3.05, 3.63) is 275 Å². The van der Waals surface area contributed by atoms with Crippen LogP contribution in [0.15, 0.2) is 255 Å². The van der Waals surface area contributed by atoms with Gasteiger partial charge in [-0.05, 0) is 52.3 Å². The van der Waals surface area contributed by atoms with E-state index in [1.165, 1.54) is 27.8 Å². The van der Waals surface area contributed by atoms with Gasteiger partial charge >= 0.3 is 332 Å². The molecule has 85 heavy (non-hydrogen) atoms. The topological polar surface area (TPSA) is 38.5 Å². The second kappa shape index (κ2) is 21.8. The van der Waals surface area contributed by atoms with Gasteiger partial charge in [0.15, 0.2) is 0 Å². The Morgan fingerprint density at radius 1 is 0.341 bits per heavy atom. The molecule has 0 N–H and O–H groups in total. The van der Waals surface area contributed by atoms with E-state index in [9.17, 15) is 0 Å². The number of rotatable bonds is 8. The molecule has 1 aliphatic heterocycles. The van der Waals surface area contributed by atoms with E-state index in [2.05, 4.69) is 349 Å². The van der Waals surface area contributed by atoms with Crippen LogP contribution in [0, 0.1) is 3.80 Å². The number of hydrogen-bond donors (Lipinski definition) is 0. The minimum Gasteiger partial charge on any atom is -0.0615 e. The van der Waals surface area contributed by atoms with Crippen LogP contribution in [0.1, 0.15) is 79.0 Å². The Morgan fingerprint density at radius 2 is 0.824 bits per heavy atom. The van der Waals surface area contributed by atoms with E-state index in [0.29, 0.717) is 11.5 Å². The smallest absolute Gasteiger partial charge is 0.0615 e. The fraction of sp³-hybridized carbons (Fsp3) is 0.154. The number of aromatic nitrogens is 3. The summed E-state index contributed by atoms with van der Waals surface area (Å²) >= 11 is 2.54. The Balaban J connectivity index is 1.00. The maximum atomic E-state index is 7.22. The summed E-state index contributed by atoms with van der Waals surface area (Å²) in [5, 5.41) is 0. The summed E-state index contributed by atoms with van der Waals surface area (Å²) < 4.78 is 13.1. The molecule has 10 aromatic carbocycles. The van der Waals surface area contributed by atoms with Gasteiger partial charge < -0.3 is 4.90 Å². The van der Waals surface area contributed by atoms with Gasteiger partial charge in [0, 0.05) is 17.4 Å². The first-order valence-corrected chi connectivity index (χ1v) is 30.5. The monoisotopic (exact) mass is 1290 g/mol. The number of nitrogens with zero attached hydrogens (tertiary/aromatic N) is 5. The molecule has 0 fully saturated rings. The molecule has 13 rings (SSSR count). The first-order valence-electron chi connectivity index (χ1n) is 29.3. The standard InChI is InChI=1S/C78H69N5O.Pt/c1-76(2,3)55-39-41-58(42-40-55)82-68-34-19-16-31-62(68)63-32-18-21-36-70(63)83(74-49-56(45-46-79-74)77(4,5)6)73-51-61(43-44-65(73)64-33-17-20-35-69(64)82)84-60-30-24-29-59(50-60)80-52-81(72-38-23-22-37-71(72)80)75-66(53-25-12-10-13-26-53)47-57(78(7,8)9)48-67(75)54-27-14-11-15-28-54;/h10-51H,1-9H3;. The second-order valence-electron chi connectivity index (χ2n) is 25.3. The quantitative estimate of drug-likeness (QED) is 0.152. The normalized spacial score (nSPS) is 12.6. The summed E-state index contributed by atoms with van der Waals surface area (Å²) in [4.78, 5) is 10.0. The van der Waals surface area contributed by atoms with Gasteiger partial charge in [0.05, 0.1) is 5.69 Å². The van der Waals surface area contributed by atoms with Gasteiger partial charge in [-0.1, -0.05) is 102 Å². The van der Waals surface area contributed by atoms with E-state index in [-0.39, 0.29) is 16.2 Å². The van der Waals surface area contributed by atoms with Gasteiger partial charge in [0.2, 0.25) is 0 Å². The molecular weight excluding hydrogens is 1220 g/mol. The van der Waals surface area contributed by atoms with E-state index >= 15 is 0 Å². The zero-order valence-electron chi connectivity index (χ0n) is 49.7. The molecular formula is C78H69N5OPt. The molecule has 0 bridgehead atoms. The van der Waals surface area contributed by atoms with Crippen LogP contribution < -0.4 is 14.5 Å². The molecule has 0 saturated heterocycles. The molecule has 12 aromatic rings. The molecule has 0 saturated carbocycles. The third kappa shape index (κ3) is 10.4. The summed E-state index contributed by atoms with van der Waals surface area (Å²) in [7, 11) is 0. The van der Waals surface area contributed by atoms with Crippen molar-refractivity contribution in [2.24, 2.45) is 0 Å². The predicted molar refractivity (Wildman–Crippen MR) is 351 cm³/mol. The molecule has 1 aliphatic rings. The zero-order chi connectivity index (χ0) is 58.8. The summed E-state index contributed by atoms with van der Waals surface area (Å²) in [5.41, 5.74) is 21.9. The summed E-state index contributed by atoms with van der Waals surface area (Å²) in [5.74, 6) is 2.21. The van der Waals surface area contributed by atoms with Crippen LogP contribution in [-0.4, -0.2) is 14.1 Å². The van der Waals surface area contributed by atoms with Crippen molar-refractivity contribution >= 4 is 45.3 Å². The number of benzene rings is 10. The van der Waals surface area contributed by atoms with E-state index in [4.69, 9.17) is 9.72 Å². The van der Waals surface area contributed by atoms with Crippen LogP contribution in [0.5, 0.6) is 11.5 Å². The molecule has 6 nitrogen and oxygen atoms in total. The van der Waals surface area contributed by atoms with Gasteiger partial charge in [-0.15, -0.1) is 0 Å². The van der Waals surface area contributed by atoms with Crippen molar-refractivity contribution < 1.29 is 24.1 Å². The maximum absolute atomic E-state index is 7.22. The van der Waals surface area contributed by atoms with Crippen molar-refractivity contribution in [3.8, 4) is 67.4 Å². The van der Waals surface area contributed by atoms with Crippen LogP contribution in [-0.2, 0) is 35.6 Å². The van der Waals surface area contributed by atoms with E-state index in [0.717, 1.165) is 93.8 Å². The van der Waals surface area contributed by atoms with Crippen LogP contribution >= 0.6 is 0 Å². The number of ether oxygens (including phenoxy) is 1. The summed E-state index contributed by atoms with van der Waals surface area (Å²) in [6.45, 7) is 20.5. The van der Waals surface area contributed by atoms with Crippen molar-refractivity contribution in [1.29, 1.82) is 0 Å². The average Bonchev–Trinajstić information content (AvgIpc) is 2.17. The molecule has 0 aliphatic carbocycles. The van der Waals surface area contributed by atoms with Crippen LogP contribution in [0.4, 0.5) is 34.3 Å². The van der Waals surface area contributed by atoms with Crippen molar-refractivity contribution in [3.63, 3.8) is 0 Å². The Hall–Kier alpha value is -9.09. The molecule has 0 amide bonds. The van der Waals surface area contributed by atoms with Gasteiger partial charge in [0.1, 0.15) is 0 Å². The molecule has 3 heterocycles. The minimum absolute atomic E-state index is 0.00155. The van der Waals surface area contributed by atoms with Gasteiger partial charge in [-0.25, -0.2) is 0 Å². The Kier molecular flexibility index (Phi) is 14.2. The predicted octanol–water partition coefficient (Wildman–Crippen LogP) is 21.5. The number of hydrogen-bond acceptors (Lipinski definition) is 4. The first kappa shape index (κ1) is 55.1.